The molecule has 7 nitrogen and oxygen atoms in total. The number of nitrogens with zero attached hydrogens (tertiary/aromatic N) is 1. The van der Waals surface area contributed by atoms with Crippen molar-refractivity contribution in [2.45, 2.75) is 26.1 Å². The molecule has 33 heavy (non-hydrogen) atoms. The van der Waals surface area contributed by atoms with Crippen molar-refractivity contribution in [1.29, 1.82) is 0 Å². The Morgan fingerprint density at radius 1 is 1.15 bits per heavy atom. The zero-order valence-electron chi connectivity index (χ0n) is 17.9. The van der Waals surface area contributed by atoms with Gasteiger partial charge in [0, 0.05) is 25.2 Å². The molecule has 1 aliphatic rings. The number of hydrogen-bond acceptors (Lipinski definition) is 4. The average Bonchev–Trinajstić information content (AvgIpc) is 3.13. The van der Waals surface area contributed by atoms with Crippen LogP contribution in [-0.2, 0) is 27.1 Å². The van der Waals surface area contributed by atoms with Gasteiger partial charge in [0.25, 0.3) is 0 Å². The first-order valence-electron chi connectivity index (χ1n) is 10.4. The molecule has 0 aliphatic carbocycles. The second-order valence-electron chi connectivity index (χ2n) is 7.60. The molecule has 1 unspecified atom stereocenters. The molecular formula is C23H24F3N3O4. The van der Waals surface area contributed by atoms with Gasteiger partial charge in [0.05, 0.1) is 24.6 Å². The molecule has 3 rings (SSSR count). The largest absolute Gasteiger partial charge is 0.494 e. The van der Waals surface area contributed by atoms with E-state index in [0.717, 1.165) is 12.1 Å². The van der Waals surface area contributed by atoms with Crippen molar-refractivity contribution in [2.75, 3.05) is 25.0 Å². The van der Waals surface area contributed by atoms with Crippen LogP contribution < -0.4 is 15.4 Å². The molecule has 0 spiro atoms. The minimum Gasteiger partial charge on any atom is -0.494 e. The Morgan fingerprint density at radius 2 is 1.88 bits per heavy atom. The predicted molar refractivity (Wildman–Crippen MR) is 114 cm³/mol. The van der Waals surface area contributed by atoms with E-state index in [0.29, 0.717) is 23.6 Å². The number of carbonyl (C=O) groups is 3. The summed E-state index contributed by atoms with van der Waals surface area (Å²) in [4.78, 5) is 38.1. The first-order valence-corrected chi connectivity index (χ1v) is 10.4. The number of hydrogen-bond donors (Lipinski definition) is 2. The Kier molecular flexibility index (Phi) is 7.57. The quantitative estimate of drug-likeness (QED) is 0.630. The van der Waals surface area contributed by atoms with Crippen molar-refractivity contribution < 1.29 is 32.3 Å². The lowest BCUT2D eigenvalue weighted by Gasteiger charge is -2.17. The molecule has 1 fully saturated rings. The van der Waals surface area contributed by atoms with E-state index in [4.69, 9.17) is 4.74 Å². The number of rotatable bonds is 8. The number of carbonyl (C=O) groups excluding carboxylic acids is 3. The third kappa shape index (κ3) is 6.71. The maximum Gasteiger partial charge on any atom is 0.416 e. The number of likely N-dealkylation sites (tertiary alicyclic amines) is 1. The topological polar surface area (TPSA) is 87.7 Å². The van der Waals surface area contributed by atoms with Gasteiger partial charge < -0.3 is 20.3 Å². The van der Waals surface area contributed by atoms with Crippen molar-refractivity contribution in [3.05, 3.63) is 59.7 Å². The molecule has 0 radical (unpaired) electrons. The number of amides is 3. The highest BCUT2D eigenvalue weighted by Gasteiger charge is 2.35. The summed E-state index contributed by atoms with van der Waals surface area (Å²) >= 11 is 0. The van der Waals surface area contributed by atoms with Crippen LogP contribution in [0.15, 0.2) is 48.5 Å². The lowest BCUT2D eigenvalue weighted by molar-refractivity contribution is -0.137. The smallest absolute Gasteiger partial charge is 0.416 e. The summed E-state index contributed by atoms with van der Waals surface area (Å²) in [5.41, 5.74) is 0.0782. The second kappa shape index (κ2) is 10.4. The van der Waals surface area contributed by atoms with Crippen LogP contribution in [0.3, 0.4) is 0 Å². The van der Waals surface area contributed by atoms with Crippen LogP contribution in [0.4, 0.5) is 18.9 Å². The van der Waals surface area contributed by atoms with Gasteiger partial charge in [-0.1, -0.05) is 12.1 Å². The number of halogens is 3. The van der Waals surface area contributed by atoms with E-state index in [1.807, 2.05) is 6.92 Å². The third-order valence-corrected chi connectivity index (χ3v) is 5.09. The van der Waals surface area contributed by atoms with Crippen LogP contribution in [-0.4, -0.2) is 42.3 Å². The van der Waals surface area contributed by atoms with Crippen molar-refractivity contribution in [3.8, 4) is 5.75 Å². The van der Waals surface area contributed by atoms with Crippen LogP contribution in [0.1, 0.15) is 24.5 Å². The summed E-state index contributed by atoms with van der Waals surface area (Å²) in [7, 11) is 0. The minimum atomic E-state index is -4.47. The van der Waals surface area contributed by atoms with E-state index in [9.17, 15) is 27.6 Å². The second-order valence-corrected chi connectivity index (χ2v) is 7.60. The van der Waals surface area contributed by atoms with Crippen molar-refractivity contribution >= 4 is 23.4 Å². The van der Waals surface area contributed by atoms with E-state index >= 15 is 0 Å². The number of alkyl halides is 3. The van der Waals surface area contributed by atoms with Gasteiger partial charge in [-0.15, -0.1) is 0 Å². The summed E-state index contributed by atoms with van der Waals surface area (Å²) in [6.07, 6.45) is -4.54. The molecule has 3 amide bonds. The molecule has 176 valence electrons. The summed E-state index contributed by atoms with van der Waals surface area (Å²) in [6, 6.07) is 11.5. The van der Waals surface area contributed by atoms with Crippen molar-refractivity contribution in [2.24, 2.45) is 5.92 Å². The summed E-state index contributed by atoms with van der Waals surface area (Å²) < 4.78 is 44.0. The van der Waals surface area contributed by atoms with Gasteiger partial charge in [-0.25, -0.2) is 0 Å². The molecular weight excluding hydrogens is 439 g/mol. The van der Waals surface area contributed by atoms with Gasteiger partial charge in [0.15, 0.2) is 0 Å². The average molecular weight is 463 g/mol. The van der Waals surface area contributed by atoms with Crippen molar-refractivity contribution in [1.82, 2.24) is 10.2 Å². The number of benzene rings is 2. The fourth-order valence-electron chi connectivity index (χ4n) is 3.49. The molecule has 2 aromatic rings. The Balaban J connectivity index is 1.48. The molecule has 2 aromatic carbocycles. The fourth-order valence-corrected chi connectivity index (χ4v) is 3.49. The standard InChI is InChI=1S/C23H24F3N3O4/c1-2-33-19-8-6-18(7-9-19)28-20(30)12-27-22(32)16-11-21(31)29(14-16)13-15-4-3-5-17(10-15)23(24,25)26/h3-10,16H,2,11-14H2,1H3,(H,27,32)(H,28,30). The first kappa shape index (κ1) is 24.1. The monoisotopic (exact) mass is 463 g/mol. The fraction of sp³-hybridized carbons (Fsp3) is 0.348. The SMILES string of the molecule is CCOc1ccc(NC(=O)CNC(=O)C2CC(=O)N(Cc3cccc(C(F)(F)F)c3)C2)cc1. The van der Waals surface area contributed by atoms with E-state index in [1.165, 1.54) is 17.0 Å². The Morgan fingerprint density at radius 3 is 2.55 bits per heavy atom. The molecule has 1 saturated heterocycles. The van der Waals surface area contributed by atoms with Crippen molar-refractivity contribution in [3.63, 3.8) is 0 Å². The molecule has 10 heteroatoms. The predicted octanol–water partition coefficient (Wildman–Crippen LogP) is 3.21. The zero-order valence-corrected chi connectivity index (χ0v) is 17.9. The minimum absolute atomic E-state index is 0.0231. The molecule has 0 saturated carbocycles. The number of ether oxygens (including phenoxy) is 1. The third-order valence-electron chi connectivity index (χ3n) is 5.09. The van der Waals surface area contributed by atoms with Gasteiger partial charge in [-0.2, -0.15) is 13.2 Å². The summed E-state index contributed by atoms with van der Waals surface area (Å²) in [6.45, 7) is 2.16. The van der Waals surface area contributed by atoms with Crippen LogP contribution in [0.5, 0.6) is 5.75 Å². The Bertz CT molecular complexity index is 1010. The zero-order chi connectivity index (χ0) is 24.0. The molecule has 0 bridgehead atoms. The molecule has 1 atom stereocenters. The van der Waals surface area contributed by atoms with Crippen LogP contribution in [0.25, 0.3) is 0 Å². The maximum atomic E-state index is 12.9. The molecule has 0 aromatic heterocycles. The highest BCUT2D eigenvalue weighted by atomic mass is 19.4. The molecule has 1 aliphatic heterocycles. The number of anilines is 1. The van der Waals surface area contributed by atoms with Gasteiger partial charge in [-0.05, 0) is 48.9 Å². The Hall–Kier alpha value is -3.56. The van der Waals surface area contributed by atoms with E-state index in [-0.39, 0.29) is 32.0 Å². The maximum absolute atomic E-state index is 12.9. The molecule has 2 N–H and O–H groups in total. The lowest BCUT2D eigenvalue weighted by atomic mass is 10.1. The summed E-state index contributed by atoms with van der Waals surface area (Å²) in [5, 5.41) is 5.15. The molecule has 1 heterocycles. The number of nitrogens with one attached hydrogen (secondary N) is 2. The van der Waals surface area contributed by atoms with Crippen LogP contribution in [0.2, 0.25) is 0 Å². The first-order chi connectivity index (χ1) is 15.7. The normalized spacial score (nSPS) is 15.9. The van der Waals surface area contributed by atoms with E-state index in [1.54, 1.807) is 24.3 Å². The highest BCUT2D eigenvalue weighted by Crippen LogP contribution is 2.30. The van der Waals surface area contributed by atoms with Crippen LogP contribution in [0, 0.1) is 5.92 Å². The van der Waals surface area contributed by atoms with Gasteiger partial charge in [0.2, 0.25) is 17.7 Å². The van der Waals surface area contributed by atoms with Gasteiger partial charge >= 0.3 is 6.18 Å². The van der Waals surface area contributed by atoms with E-state index in [2.05, 4.69) is 10.6 Å². The van der Waals surface area contributed by atoms with Gasteiger partial charge in [0.1, 0.15) is 5.75 Å². The Labute approximate surface area is 188 Å². The van der Waals surface area contributed by atoms with Crippen LogP contribution >= 0.6 is 0 Å². The highest BCUT2D eigenvalue weighted by molar-refractivity contribution is 5.96. The summed E-state index contributed by atoms with van der Waals surface area (Å²) in [5.74, 6) is -1.23. The lowest BCUT2D eigenvalue weighted by Crippen LogP contribution is -2.37. The van der Waals surface area contributed by atoms with E-state index < -0.39 is 29.5 Å². The van der Waals surface area contributed by atoms with Gasteiger partial charge in [-0.3, -0.25) is 14.4 Å².